The second kappa shape index (κ2) is 10.1. The van der Waals surface area contributed by atoms with E-state index < -0.39 is 23.4 Å². The number of rotatable bonds is 8. The topological polar surface area (TPSA) is 158 Å². The van der Waals surface area contributed by atoms with Gasteiger partial charge in [-0.3, -0.25) is 29.6 Å². The van der Waals surface area contributed by atoms with Crippen molar-refractivity contribution in [2.24, 2.45) is 0 Å². The first-order chi connectivity index (χ1) is 20.9. The maximum atomic E-state index is 14.2. The number of anilines is 2. The lowest BCUT2D eigenvalue weighted by molar-refractivity contribution is -0.115. The van der Waals surface area contributed by atoms with Gasteiger partial charge >= 0.3 is 0 Å². The van der Waals surface area contributed by atoms with Gasteiger partial charge < -0.3 is 10.6 Å². The molecule has 43 heavy (non-hydrogen) atoms. The lowest BCUT2D eigenvalue weighted by Gasteiger charge is -2.23. The van der Waals surface area contributed by atoms with Gasteiger partial charge in [0.25, 0.3) is 17.4 Å². The summed E-state index contributed by atoms with van der Waals surface area (Å²) in [6.07, 6.45) is 10.7. The summed E-state index contributed by atoms with van der Waals surface area (Å²) in [7, 11) is 0. The molecule has 1 atom stereocenters. The Morgan fingerprint density at radius 1 is 1.16 bits per heavy atom. The van der Waals surface area contributed by atoms with Gasteiger partial charge in [-0.25, -0.2) is 14.9 Å². The van der Waals surface area contributed by atoms with Crippen molar-refractivity contribution in [3.63, 3.8) is 0 Å². The summed E-state index contributed by atoms with van der Waals surface area (Å²) >= 11 is 0. The van der Waals surface area contributed by atoms with Gasteiger partial charge in [0.15, 0.2) is 11.5 Å². The Hall–Kier alpha value is -5.55. The van der Waals surface area contributed by atoms with Crippen LogP contribution in [0.2, 0.25) is 0 Å². The summed E-state index contributed by atoms with van der Waals surface area (Å²) < 4.78 is 2.82. The molecule has 0 spiro atoms. The van der Waals surface area contributed by atoms with Gasteiger partial charge in [-0.05, 0) is 55.4 Å². The van der Waals surface area contributed by atoms with Crippen LogP contribution in [0.15, 0.2) is 65.7 Å². The van der Waals surface area contributed by atoms with E-state index in [0.717, 1.165) is 12.8 Å². The number of carbonyl (C=O) groups is 2. The maximum Gasteiger partial charge on any atom is 0.264 e. The molecule has 1 saturated carbocycles. The van der Waals surface area contributed by atoms with E-state index in [1.807, 2.05) is 6.07 Å². The highest BCUT2D eigenvalue weighted by atomic mass is 16.6. The standard InChI is InChI=1S/C30H25N9O4/c1-3-17-10-13-20-22-21(17)30(42)38(19-8-5-4-6-9-19)25(23(22)28(40)33-20)16(2)32-29(41)24-26(36-39(43)34-18-11-12-18)35-37-15-7-14-31-27(24)37/h1,4-10,13-16,18,34,43H,11-12H2,2H3,(H,32,41)(H,33,40)(H,35,36)/t16-/m1/s1. The van der Waals surface area contributed by atoms with E-state index in [-0.39, 0.29) is 39.7 Å². The molecule has 0 unspecified atom stereocenters. The van der Waals surface area contributed by atoms with E-state index in [0.29, 0.717) is 27.6 Å². The number of fused-ring (bicyclic) bond motifs is 1. The highest BCUT2D eigenvalue weighted by Crippen LogP contribution is 2.38. The lowest BCUT2D eigenvalue weighted by Crippen LogP contribution is -2.41. The third-order valence-corrected chi connectivity index (χ3v) is 7.49. The Morgan fingerprint density at radius 3 is 2.70 bits per heavy atom. The van der Waals surface area contributed by atoms with Crippen LogP contribution >= 0.6 is 0 Å². The Bertz CT molecular complexity index is 2060. The van der Waals surface area contributed by atoms with E-state index in [9.17, 15) is 19.6 Å². The summed E-state index contributed by atoms with van der Waals surface area (Å²) in [5, 5.41) is 21.8. The van der Waals surface area contributed by atoms with Crippen molar-refractivity contribution in [1.29, 1.82) is 0 Å². The number of pyridine rings is 1. The maximum absolute atomic E-state index is 14.2. The van der Waals surface area contributed by atoms with Crippen LogP contribution in [0.5, 0.6) is 0 Å². The number of carbonyl (C=O) groups excluding carboxylic acids is 2. The molecule has 1 aliphatic heterocycles. The van der Waals surface area contributed by atoms with Crippen LogP contribution in [0.1, 0.15) is 57.8 Å². The summed E-state index contributed by atoms with van der Waals surface area (Å²) in [5.74, 6) is 1.59. The molecule has 2 aromatic carbocycles. The van der Waals surface area contributed by atoms with Gasteiger partial charge in [0.2, 0.25) is 0 Å². The number of amides is 2. The monoisotopic (exact) mass is 575 g/mol. The van der Waals surface area contributed by atoms with Crippen molar-refractivity contribution in [3.8, 4) is 18.0 Å². The van der Waals surface area contributed by atoms with Crippen molar-refractivity contribution < 1.29 is 14.8 Å². The quantitative estimate of drug-likeness (QED) is 0.139. The number of para-hydroxylation sites is 1. The SMILES string of the molecule is C#Cc1ccc2c3c(c([C@@H](C)NC(=O)c4c(NN(O)NC5CC5)nn5cccnc45)n(-c4ccccc4)c(=O)c13)C(=O)N2. The Balaban J connectivity index is 1.37. The number of nitrogens with zero attached hydrogens (tertiary/aromatic N) is 5. The first-order valence-corrected chi connectivity index (χ1v) is 13.6. The van der Waals surface area contributed by atoms with Gasteiger partial charge in [-0.2, -0.15) is 0 Å². The van der Waals surface area contributed by atoms with Crippen molar-refractivity contribution in [2.45, 2.75) is 31.8 Å². The van der Waals surface area contributed by atoms with Crippen LogP contribution in [0, 0.1) is 12.3 Å². The Kier molecular flexibility index (Phi) is 6.17. The zero-order valence-electron chi connectivity index (χ0n) is 22.8. The molecule has 0 saturated heterocycles. The van der Waals surface area contributed by atoms with Crippen LogP contribution in [0.4, 0.5) is 11.5 Å². The second-order valence-corrected chi connectivity index (χ2v) is 10.4. The molecule has 3 aromatic heterocycles. The van der Waals surface area contributed by atoms with E-state index in [2.05, 4.69) is 37.5 Å². The largest absolute Gasteiger partial charge is 0.344 e. The number of benzene rings is 2. The number of terminal acetylenes is 1. The van der Waals surface area contributed by atoms with Crippen LogP contribution < -0.4 is 27.0 Å². The molecule has 13 heteroatoms. The van der Waals surface area contributed by atoms with E-state index in [1.54, 1.807) is 55.6 Å². The molecule has 5 N–H and O–H groups in total. The predicted molar refractivity (Wildman–Crippen MR) is 158 cm³/mol. The smallest absolute Gasteiger partial charge is 0.264 e. The van der Waals surface area contributed by atoms with E-state index >= 15 is 0 Å². The molecule has 4 heterocycles. The van der Waals surface area contributed by atoms with Crippen LogP contribution in [-0.2, 0) is 0 Å². The normalized spacial score (nSPS) is 14.6. The third kappa shape index (κ3) is 4.37. The average molecular weight is 576 g/mol. The minimum atomic E-state index is -0.868. The van der Waals surface area contributed by atoms with Crippen molar-refractivity contribution >= 4 is 39.7 Å². The lowest BCUT2D eigenvalue weighted by atomic mass is 9.97. The highest BCUT2D eigenvalue weighted by Gasteiger charge is 2.34. The van der Waals surface area contributed by atoms with Crippen LogP contribution in [0.25, 0.3) is 22.1 Å². The number of aromatic nitrogens is 4. The first-order valence-electron chi connectivity index (χ1n) is 13.6. The molecule has 2 amide bonds. The molecular formula is C30H25N9O4. The average Bonchev–Trinajstić information content (AvgIpc) is 3.64. The van der Waals surface area contributed by atoms with Crippen molar-refractivity contribution in [2.75, 3.05) is 10.7 Å². The molecule has 1 aliphatic carbocycles. The molecule has 0 radical (unpaired) electrons. The second-order valence-electron chi connectivity index (χ2n) is 10.4. The molecular weight excluding hydrogens is 550 g/mol. The summed E-state index contributed by atoms with van der Waals surface area (Å²) in [4.78, 5) is 45.9. The van der Waals surface area contributed by atoms with Gasteiger partial charge in [0.1, 0.15) is 5.56 Å². The molecule has 5 aromatic rings. The number of hydrogen-bond donors (Lipinski definition) is 5. The van der Waals surface area contributed by atoms with Crippen molar-refractivity contribution in [3.05, 3.63) is 93.7 Å². The molecule has 1 fully saturated rings. The van der Waals surface area contributed by atoms with Crippen LogP contribution in [-0.4, -0.2) is 47.5 Å². The van der Waals surface area contributed by atoms with Gasteiger partial charge in [-0.15, -0.1) is 11.5 Å². The van der Waals surface area contributed by atoms with Gasteiger partial charge in [-0.1, -0.05) is 24.1 Å². The van der Waals surface area contributed by atoms with E-state index in [4.69, 9.17) is 6.42 Å². The fraction of sp³-hybridized carbons (Fsp3) is 0.167. The van der Waals surface area contributed by atoms with Gasteiger partial charge in [0.05, 0.1) is 28.4 Å². The number of nitrogens with one attached hydrogen (secondary N) is 4. The van der Waals surface area contributed by atoms with E-state index in [1.165, 1.54) is 15.3 Å². The highest BCUT2D eigenvalue weighted by molar-refractivity contribution is 6.25. The molecule has 2 aliphatic rings. The summed E-state index contributed by atoms with van der Waals surface area (Å²) in [6, 6.07) is 13.0. The molecule has 7 rings (SSSR count). The Morgan fingerprint density at radius 2 is 1.95 bits per heavy atom. The fourth-order valence-electron chi connectivity index (χ4n) is 5.46. The van der Waals surface area contributed by atoms with Gasteiger partial charge in [0, 0.05) is 35.1 Å². The molecule has 214 valence electrons. The first kappa shape index (κ1) is 26.4. The zero-order chi connectivity index (χ0) is 29.8. The zero-order valence-corrected chi connectivity index (χ0v) is 22.8. The summed E-state index contributed by atoms with van der Waals surface area (Å²) in [5.41, 5.74) is 7.24. The molecule has 13 nitrogen and oxygen atoms in total. The summed E-state index contributed by atoms with van der Waals surface area (Å²) in [6.45, 7) is 1.68. The molecule has 0 bridgehead atoms. The fourth-order valence-corrected chi connectivity index (χ4v) is 5.46. The minimum absolute atomic E-state index is 0.0428. The minimum Gasteiger partial charge on any atom is -0.344 e. The third-order valence-electron chi connectivity index (χ3n) is 7.49. The number of hydrazine groups is 2. The predicted octanol–water partition coefficient (Wildman–Crippen LogP) is 2.76. The Labute approximate surface area is 244 Å². The van der Waals surface area contributed by atoms with Crippen molar-refractivity contribution in [1.82, 2.24) is 35.2 Å². The number of hydrogen-bond acceptors (Lipinski definition) is 9. The van der Waals surface area contributed by atoms with Crippen LogP contribution in [0.3, 0.4) is 0 Å².